The van der Waals surface area contributed by atoms with Crippen molar-refractivity contribution < 1.29 is 9.84 Å². The average Bonchev–Trinajstić information content (AvgIpc) is 2.85. The number of piperidine rings is 1. The molecule has 18 heavy (non-hydrogen) atoms. The van der Waals surface area contributed by atoms with Gasteiger partial charge in [-0.05, 0) is 48.6 Å². The molecule has 0 aromatic heterocycles. The molecule has 0 amide bonds. The maximum absolute atomic E-state index is 10.5. The maximum Gasteiger partial charge on any atom is 0.122 e. The van der Waals surface area contributed by atoms with Gasteiger partial charge in [0.05, 0.1) is 12.7 Å². The van der Waals surface area contributed by atoms with Crippen LogP contribution < -0.4 is 10.1 Å². The van der Waals surface area contributed by atoms with E-state index in [4.69, 9.17) is 4.74 Å². The third-order valence-corrected chi connectivity index (χ3v) is 4.14. The molecule has 2 aliphatic rings. The van der Waals surface area contributed by atoms with Gasteiger partial charge in [0.1, 0.15) is 5.75 Å². The van der Waals surface area contributed by atoms with Gasteiger partial charge < -0.3 is 15.2 Å². The van der Waals surface area contributed by atoms with Crippen molar-refractivity contribution in [1.82, 2.24) is 5.32 Å². The van der Waals surface area contributed by atoms with E-state index in [2.05, 4.69) is 18.3 Å². The third-order valence-electron chi connectivity index (χ3n) is 4.14. The Hall–Kier alpha value is -1.06. The monoisotopic (exact) mass is 247 g/mol. The zero-order chi connectivity index (χ0) is 12.5. The highest BCUT2D eigenvalue weighted by Crippen LogP contribution is 2.31. The number of ether oxygens (including phenoxy) is 1. The van der Waals surface area contributed by atoms with Crippen molar-refractivity contribution >= 4 is 0 Å². The number of fused-ring (bicyclic) bond motifs is 1. The summed E-state index contributed by atoms with van der Waals surface area (Å²) < 4.78 is 5.50. The summed E-state index contributed by atoms with van der Waals surface area (Å²) in [5.41, 5.74) is 2.25. The lowest BCUT2D eigenvalue weighted by atomic mass is 9.88. The van der Waals surface area contributed by atoms with Crippen LogP contribution in [0.25, 0.3) is 0 Å². The highest BCUT2D eigenvalue weighted by molar-refractivity contribution is 5.40. The first-order valence-electron chi connectivity index (χ1n) is 6.91. The molecule has 3 unspecified atom stereocenters. The molecule has 0 saturated carbocycles. The molecule has 3 atom stereocenters. The molecule has 1 fully saturated rings. The highest BCUT2D eigenvalue weighted by atomic mass is 16.5. The van der Waals surface area contributed by atoms with E-state index >= 15 is 0 Å². The lowest BCUT2D eigenvalue weighted by molar-refractivity contribution is 0.101. The SMILES string of the molecule is CC1CCNC(C(O)c2ccc3c(c2)CCO3)C1. The molecule has 1 aromatic carbocycles. The topological polar surface area (TPSA) is 41.5 Å². The Morgan fingerprint density at radius 1 is 1.44 bits per heavy atom. The molecule has 0 radical (unpaired) electrons. The molecule has 2 heterocycles. The van der Waals surface area contributed by atoms with Crippen LogP contribution in [0.3, 0.4) is 0 Å². The van der Waals surface area contributed by atoms with Crippen LogP contribution in [-0.2, 0) is 6.42 Å². The van der Waals surface area contributed by atoms with Crippen LogP contribution >= 0.6 is 0 Å². The number of hydrogen-bond donors (Lipinski definition) is 2. The van der Waals surface area contributed by atoms with E-state index in [1.807, 2.05) is 12.1 Å². The molecule has 2 N–H and O–H groups in total. The van der Waals surface area contributed by atoms with E-state index in [9.17, 15) is 5.11 Å². The zero-order valence-electron chi connectivity index (χ0n) is 10.9. The van der Waals surface area contributed by atoms with Crippen molar-refractivity contribution in [3.05, 3.63) is 29.3 Å². The summed E-state index contributed by atoms with van der Waals surface area (Å²) in [4.78, 5) is 0. The lowest BCUT2D eigenvalue weighted by Crippen LogP contribution is -2.41. The Balaban J connectivity index is 1.77. The highest BCUT2D eigenvalue weighted by Gasteiger charge is 2.26. The summed E-state index contributed by atoms with van der Waals surface area (Å²) in [5, 5.41) is 13.9. The van der Waals surface area contributed by atoms with Gasteiger partial charge in [0.15, 0.2) is 0 Å². The van der Waals surface area contributed by atoms with Gasteiger partial charge in [-0.2, -0.15) is 0 Å². The van der Waals surface area contributed by atoms with E-state index in [0.29, 0.717) is 5.92 Å². The van der Waals surface area contributed by atoms with Gasteiger partial charge in [-0.3, -0.25) is 0 Å². The third kappa shape index (κ3) is 2.25. The second-order valence-corrected chi connectivity index (χ2v) is 5.60. The number of rotatable bonds is 2. The summed E-state index contributed by atoms with van der Waals surface area (Å²) >= 11 is 0. The molecular formula is C15H21NO2. The first kappa shape index (κ1) is 12.0. The molecule has 0 spiro atoms. The first-order chi connectivity index (χ1) is 8.74. The predicted octanol–water partition coefficient (Wildman–Crippen LogP) is 2.04. The summed E-state index contributed by atoms with van der Waals surface area (Å²) in [6, 6.07) is 6.28. The van der Waals surface area contributed by atoms with Crippen molar-refractivity contribution in [2.45, 2.75) is 38.3 Å². The molecule has 3 heteroatoms. The van der Waals surface area contributed by atoms with E-state index < -0.39 is 6.10 Å². The Kier molecular flexibility index (Phi) is 3.27. The Morgan fingerprint density at radius 2 is 2.33 bits per heavy atom. The smallest absolute Gasteiger partial charge is 0.122 e. The molecule has 2 aliphatic heterocycles. The molecule has 3 nitrogen and oxygen atoms in total. The minimum absolute atomic E-state index is 0.189. The van der Waals surface area contributed by atoms with Crippen LogP contribution in [0.15, 0.2) is 18.2 Å². The maximum atomic E-state index is 10.5. The largest absolute Gasteiger partial charge is 0.493 e. The number of hydrogen-bond acceptors (Lipinski definition) is 3. The summed E-state index contributed by atoms with van der Waals surface area (Å²) in [6.07, 6.45) is 2.82. The van der Waals surface area contributed by atoms with E-state index in [-0.39, 0.29) is 6.04 Å². The number of benzene rings is 1. The number of aliphatic hydroxyl groups is 1. The van der Waals surface area contributed by atoms with E-state index in [1.54, 1.807) is 0 Å². The molecule has 0 bridgehead atoms. The van der Waals surface area contributed by atoms with Gasteiger partial charge in [0, 0.05) is 12.5 Å². The quantitative estimate of drug-likeness (QED) is 0.840. The van der Waals surface area contributed by atoms with E-state index in [1.165, 1.54) is 12.0 Å². The van der Waals surface area contributed by atoms with Crippen molar-refractivity contribution in [1.29, 1.82) is 0 Å². The van der Waals surface area contributed by atoms with Crippen LogP contribution in [0.2, 0.25) is 0 Å². The molecular weight excluding hydrogens is 226 g/mol. The van der Waals surface area contributed by atoms with Crippen molar-refractivity contribution in [3.8, 4) is 5.75 Å². The summed E-state index contributed by atoms with van der Waals surface area (Å²) in [6.45, 7) is 4.04. The minimum atomic E-state index is -0.404. The Morgan fingerprint density at radius 3 is 3.17 bits per heavy atom. The normalized spacial score (nSPS) is 28.6. The summed E-state index contributed by atoms with van der Waals surface area (Å²) in [5.74, 6) is 1.68. The van der Waals surface area contributed by atoms with Crippen molar-refractivity contribution in [2.75, 3.05) is 13.2 Å². The Bertz CT molecular complexity index is 433. The van der Waals surface area contributed by atoms with Gasteiger partial charge in [-0.15, -0.1) is 0 Å². The van der Waals surface area contributed by atoms with Gasteiger partial charge in [0.25, 0.3) is 0 Å². The van der Waals surface area contributed by atoms with Gasteiger partial charge in [0.2, 0.25) is 0 Å². The fourth-order valence-corrected chi connectivity index (χ4v) is 3.01. The number of aliphatic hydroxyl groups excluding tert-OH is 1. The molecule has 98 valence electrons. The Labute approximate surface area is 108 Å². The molecule has 3 rings (SSSR count). The second kappa shape index (κ2) is 4.90. The van der Waals surface area contributed by atoms with Crippen LogP contribution in [0.1, 0.15) is 37.0 Å². The fraction of sp³-hybridized carbons (Fsp3) is 0.600. The van der Waals surface area contributed by atoms with Crippen molar-refractivity contribution in [2.24, 2.45) is 5.92 Å². The molecule has 1 aromatic rings. The number of nitrogens with one attached hydrogen (secondary N) is 1. The van der Waals surface area contributed by atoms with Crippen LogP contribution in [0, 0.1) is 5.92 Å². The standard InChI is InChI=1S/C15H21NO2/c1-10-4-6-16-13(8-10)15(17)12-2-3-14-11(9-12)5-7-18-14/h2-3,9-10,13,15-17H,4-8H2,1H3. The van der Waals surface area contributed by atoms with E-state index in [0.717, 1.165) is 37.3 Å². The van der Waals surface area contributed by atoms with Crippen LogP contribution in [0.4, 0.5) is 0 Å². The molecule has 0 aliphatic carbocycles. The van der Waals surface area contributed by atoms with Gasteiger partial charge in [-0.1, -0.05) is 13.0 Å². The first-order valence-corrected chi connectivity index (χ1v) is 6.91. The fourth-order valence-electron chi connectivity index (χ4n) is 3.01. The van der Waals surface area contributed by atoms with Crippen LogP contribution in [0.5, 0.6) is 5.75 Å². The predicted molar refractivity (Wildman–Crippen MR) is 70.8 cm³/mol. The average molecular weight is 247 g/mol. The van der Waals surface area contributed by atoms with Gasteiger partial charge in [-0.25, -0.2) is 0 Å². The van der Waals surface area contributed by atoms with Crippen molar-refractivity contribution in [3.63, 3.8) is 0 Å². The van der Waals surface area contributed by atoms with Crippen LogP contribution in [-0.4, -0.2) is 24.3 Å². The van der Waals surface area contributed by atoms with Gasteiger partial charge >= 0.3 is 0 Å². The molecule has 1 saturated heterocycles. The summed E-state index contributed by atoms with van der Waals surface area (Å²) in [7, 11) is 0. The minimum Gasteiger partial charge on any atom is -0.493 e. The lowest BCUT2D eigenvalue weighted by Gasteiger charge is -2.32. The zero-order valence-corrected chi connectivity index (χ0v) is 10.9. The second-order valence-electron chi connectivity index (χ2n) is 5.60.